The molecular weight excluding hydrogens is 566 g/mol. The van der Waals surface area contributed by atoms with Crippen molar-refractivity contribution in [2.45, 2.75) is 51.2 Å². The van der Waals surface area contributed by atoms with Crippen LogP contribution in [-0.4, -0.2) is 55.0 Å². The van der Waals surface area contributed by atoms with Gasteiger partial charge in [0.1, 0.15) is 11.3 Å². The van der Waals surface area contributed by atoms with E-state index in [0.717, 1.165) is 23.0 Å². The van der Waals surface area contributed by atoms with Crippen LogP contribution >= 0.6 is 0 Å². The van der Waals surface area contributed by atoms with Gasteiger partial charge in [-0.3, -0.25) is 9.80 Å². The molecule has 3 rings (SSSR count). The van der Waals surface area contributed by atoms with Crippen molar-refractivity contribution in [1.82, 2.24) is 4.90 Å². The van der Waals surface area contributed by atoms with Crippen molar-refractivity contribution < 1.29 is 60.0 Å². The first-order chi connectivity index (χ1) is 19.0. The number of ether oxygens (including phenoxy) is 3. The number of aromatic carboxylic acids is 1. The molecule has 0 saturated heterocycles. The number of nitrogens with zero attached hydrogens (tertiary/aromatic N) is 2. The third-order valence-electron chi connectivity index (χ3n) is 6.45. The Morgan fingerprint density at radius 1 is 1.00 bits per heavy atom. The topological polar surface area (TPSA) is 106 Å². The number of hydrogen-bond acceptors (Lipinski definition) is 6. The molecule has 0 radical (unpaired) electrons. The number of halogens is 6. The molecular formula is C26H26F6N2O7. The maximum atomic E-state index is 13.5. The highest BCUT2D eigenvalue weighted by Crippen LogP contribution is 2.45. The van der Waals surface area contributed by atoms with Gasteiger partial charge in [0.05, 0.1) is 43.7 Å². The second-order valence-corrected chi connectivity index (χ2v) is 9.10. The molecule has 224 valence electrons. The van der Waals surface area contributed by atoms with Crippen LogP contribution in [0.3, 0.4) is 0 Å². The molecule has 9 nitrogen and oxygen atoms in total. The molecule has 15 heteroatoms. The summed E-state index contributed by atoms with van der Waals surface area (Å²) in [5.41, 5.74) is -3.83. The van der Waals surface area contributed by atoms with Crippen molar-refractivity contribution in [3.8, 4) is 5.75 Å². The fraction of sp³-hybridized carbons (Fsp3) is 0.423. The average molecular weight is 592 g/mol. The quantitative estimate of drug-likeness (QED) is 0.382. The smallest absolute Gasteiger partial charge is 0.416 e. The first kappa shape index (κ1) is 31.4. The predicted molar refractivity (Wildman–Crippen MR) is 131 cm³/mol. The molecule has 1 heterocycles. The van der Waals surface area contributed by atoms with Crippen LogP contribution in [0.25, 0.3) is 0 Å². The Morgan fingerprint density at radius 3 is 2.05 bits per heavy atom. The highest BCUT2D eigenvalue weighted by molar-refractivity contribution is 5.97. The minimum Gasteiger partial charge on any atom is -0.496 e. The molecule has 2 unspecified atom stereocenters. The van der Waals surface area contributed by atoms with Gasteiger partial charge >= 0.3 is 30.5 Å². The van der Waals surface area contributed by atoms with E-state index in [1.807, 2.05) is 0 Å². The van der Waals surface area contributed by atoms with Crippen LogP contribution in [0.4, 0.5) is 41.6 Å². The van der Waals surface area contributed by atoms with Gasteiger partial charge in [-0.15, -0.1) is 0 Å². The second-order valence-electron chi connectivity index (χ2n) is 9.10. The van der Waals surface area contributed by atoms with E-state index >= 15 is 0 Å². The summed E-state index contributed by atoms with van der Waals surface area (Å²) < 4.78 is 96.0. The maximum Gasteiger partial charge on any atom is 0.416 e. The molecule has 0 spiro atoms. The summed E-state index contributed by atoms with van der Waals surface area (Å²) >= 11 is 0. The molecule has 0 aromatic heterocycles. The maximum absolute atomic E-state index is 13.5. The lowest BCUT2D eigenvalue weighted by Gasteiger charge is -2.42. The van der Waals surface area contributed by atoms with E-state index in [0.29, 0.717) is 12.1 Å². The Kier molecular flexibility index (Phi) is 8.98. The molecule has 2 amide bonds. The fourth-order valence-electron chi connectivity index (χ4n) is 4.68. The number of carbonyl (C=O) groups excluding carboxylic acids is 2. The lowest BCUT2D eigenvalue weighted by molar-refractivity contribution is -0.143. The van der Waals surface area contributed by atoms with Gasteiger partial charge in [0.2, 0.25) is 0 Å². The standard InChI is InChI=1S/C26H26F6N2O7/c1-5-41-24(38)34-13(2)6-19(17-11-21(39-3)18(22(35)36)10-20(17)34)33(23(37)40-4)12-14-7-15(25(27,28)29)9-16(8-14)26(30,31)32/h7-11,13,19H,5-6,12H2,1-4H3,(H,35,36). The van der Waals surface area contributed by atoms with E-state index < -0.39 is 65.8 Å². The van der Waals surface area contributed by atoms with E-state index in [1.54, 1.807) is 13.8 Å². The summed E-state index contributed by atoms with van der Waals surface area (Å²) in [5, 5.41) is 9.69. The number of alkyl halides is 6. The fourth-order valence-corrected chi connectivity index (χ4v) is 4.68. The summed E-state index contributed by atoms with van der Waals surface area (Å²) in [4.78, 5) is 39.8. The first-order valence-electron chi connectivity index (χ1n) is 12.1. The largest absolute Gasteiger partial charge is 0.496 e. The first-order valence-corrected chi connectivity index (χ1v) is 12.1. The number of carboxylic acid groups (broad SMARTS) is 1. The van der Waals surface area contributed by atoms with E-state index in [1.165, 1.54) is 13.2 Å². The number of anilines is 1. The van der Waals surface area contributed by atoms with Gasteiger partial charge < -0.3 is 19.3 Å². The van der Waals surface area contributed by atoms with Gasteiger partial charge in [-0.2, -0.15) is 26.3 Å². The number of amides is 2. The zero-order valence-electron chi connectivity index (χ0n) is 22.2. The third-order valence-corrected chi connectivity index (χ3v) is 6.45. The summed E-state index contributed by atoms with van der Waals surface area (Å²) in [7, 11) is 2.16. The van der Waals surface area contributed by atoms with Gasteiger partial charge in [-0.1, -0.05) is 0 Å². The third kappa shape index (κ3) is 6.60. The zero-order valence-corrected chi connectivity index (χ0v) is 22.2. The van der Waals surface area contributed by atoms with Crippen LogP contribution in [0.15, 0.2) is 30.3 Å². The SMILES string of the molecule is CCOC(=O)N1c2cc(C(=O)O)c(OC)cc2C(N(Cc2cc(C(F)(F)F)cc(C(F)(F)F)c2)C(=O)OC)CC1C. The van der Waals surface area contributed by atoms with Gasteiger partial charge in [0.25, 0.3) is 0 Å². The van der Waals surface area contributed by atoms with Crippen molar-refractivity contribution in [1.29, 1.82) is 0 Å². The summed E-state index contributed by atoms with van der Waals surface area (Å²) in [5.74, 6) is -1.57. The van der Waals surface area contributed by atoms with Crippen LogP contribution in [0.1, 0.15) is 58.9 Å². The monoisotopic (exact) mass is 592 g/mol. The minimum absolute atomic E-state index is 0.000624. The van der Waals surface area contributed by atoms with E-state index in [9.17, 15) is 45.8 Å². The van der Waals surface area contributed by atoms with Crippen LogP contribution < -0.4 is 9.64 Å². The molecule has 41 heavy (non-hydrogen) atoms. The Morgan fingerprint density at radius 2 is 1.59 bits per heavy atom. The minimum atomic E-state index is -5.11. The molecule has 0 aliphatic carbocycles. The molecule has 1 N–H and O–H groups in total. The molecule has 0 bridgehead atoms. The average Bonchev–Trinajstić information content (AvgIpc) is 2.89. The lowest BCUT2D eigenvalue weighted by atomic mass is 9.89. The van der Waals surface area contributed by atoms with Crippen molar-refractivity contribution in [3.05, 3.63) is 58.1 Å². The molecule has 2 aromatic carbocycles. The van der Waals surface area contributed by atoms with Crippen LogP contribution in [-0.2, 0) is 28.4 Å². The van der Waals surface area contributed by atoms with E-state index in [2.05, 4.69) is 0 Å². The molecule has 0 fully saturated rings. The van der Waals surface area contributed by atoms with Gasteiger partial charge in [-0.25, -0.2) is 14.4 Å². The highest BCUT2D eigenvalue weighted by atomic mass is 19.4. The number of carboxylic acids is 1. The number of hydrogen-bond donors (Lipinski definition) is 1. The molecule has 1 aliphatic heterocycles. The van der Waals surface area contributed by atoms with Crippen molar-refractivity contribution in [3.63, 3.8) is 0 Å². The Balaban J connectivity index is 2.23. The van der Waals surface area contributed by atoms with E-state index in [4.69, 9.17) is 14.2 Å². The molecule has 2 aromatic rings. The number of rotatable bonds is 6. The summed E-state index contributed by atoms with van der Waals surface area (Å²) in [6, 6.07) is 1.47. The van der Waals surface area contributed by atoms with Gasteiger partial charge in [0.15, 0.2) is 0 Å². The molecule has 2 atom stereocenters. The van der Waals surface area contributed by atoms with Crippen LogP contribution in [0.5, 0.6) is 5.75 Å². The normalized spacial score (nSPS) is 17.0. The number of benzene rings is 2. The lowest BCUT2D eigenvalue weighted by Crippen LogP contribution is -2.47. The van der Waals surface area contributed by atoms with E-state index in [-0.39, 0.29) is 41.7 Å². The number of fused-ring (bicyclic) bond motifs is 1. The predicted octanol–water partition coefficient (Wildman–Crippen LogP) is 6.50. The van der Waals surface area contributed by atoms with Gasteiger partial charge in [0, 0.05) is 18.2 Å². The summed E-state index contributed by atoms with van der Waals surface area (Å²) in [6.07, 6.45) is -12.2. The molecule has 0 saturated carbocycles. The van der Waals surface area contributed by atoms with Crippen molar-refractivity contribution >= 4 is 23.8 Å². The Labute approximate surface area is 230 Å². The zero-order chi connectivity index (χ0) is 30.9. The van der Waals surface area contributed by atoms with Crippen LogP contribution in [0.2, 0.25) is 0 Å². The highest BCUT2D eigenvalue weighted by Gasteiger charge is 2.42. The Bertz CT molecular complexity index is 1300. The molecule has 1 aliphatic rings. The number of carbonyl (C=O) groups is 3. The summed E-state index contributed by atoms with van der Waals surface area (Å²) in [6.45, 7) is 2.34. The number of methoxy groups -OCH3 is 2. The van der Waals surface area contributed by atoms with Crippen molar-refractivity contribution in [2.24, 2.45) is 0 Å². The van der Waals surface area contributed by atoms with Gasteiger partial charge in [-0.05, 0) is 56.2 Å². The van der Waals surface area contributed by atoms with Crippen LogP contribution in [0, 0.1) is 0 Å². The Hall–Kier alpha value is -4.17. The second kappa shape index (κ2) is 11.7. The van der Waals surface area contributed by atoms with Crippen molar-refractivity contribution in [2.75, 3.05) is 25.7 Å².